The van der Waals surface area contributed by atoms with Crippen LogP contribution in [0, 0.1) is 0 Å². The molecule has 0 spiro atoms. The van der Waals surface area contributed by atoms with E-state index < -0.39 is 0 Å². The SMILES string of the molecule is BC(=O)c1ccc(O)cc1. The van der Waals surface area contributed by atoms with Crippen molar-refractivity contribution >= 4 is 13.5 Å². The Morgan fingerprint density at radius 2 is 1.80 bits per heavy atom. The van der Waals surface area contributed by atoms with Crippen molar-refractivity contribution in [2.24, 2.45) is 0 Å². The van der Waals surface area contributed by atoms with Crippen molar-refractivity contribution in [3.8, 4) is 5.75 Å². The first-order valence-electron chi connectivity index (χ1n) is 3.00. The van der Waals surface area contributed by atoms with Gasteiger partial charge in [0.2, 0.25) is 0 Å². The molecule has 0 aliphatic carbocycles. The zero-order valence-electron chi connectivity index (χ0n) is 5.66. The first kappa shape index (κ1) is 6.87. The molecule has 3 heteroatoms. The molecule has 0 fully saturated rings. The maximum absolute atomic E-state index is 10.7. The van der Waals surface area contributed by atoms with Crippen LogP contribution in [0.15, 0.2) is 24.3 Å². The monoisotopic (exact) mass is 134 g/mol. The van der Waals surface area contributed by atoms with Crippen molar-refractivity contribution < 1.29 is 9.90 Å². The summed E-state index contributed by atoms with van der Waals surface area (Å²) in [6.45, 7) is 0. The van der Waals surface area contributed by atoms with Crippen LogP contribution in [0.4, 0.5) is 0 Å². The van der Waals surface area contributed by atoms with Gasteiger partial charge in [0.1, 0.15) is 11.4 Å². The summed E-state index contributed by atoms with van der Waals surface area (Å²) in [4.78, 5) is 10.7. The lowest BCUT2D eigenvalue weighted by Crippen LogP contribution is -1.95. The van der Waals surface area contributed by atoms with Crippen LogP contribution in [-0.2, 0) is 0 Å². The average molecular weight is 134 g/mol. The predicted octanol–water partition coefficient (Wildman–Crippen LogP) is 0.166. The molecule has 0 radical (unpaired) electrons. The predicted molar refractivity (Wildman–Crippen MR) is 41.0 cm³/mol. The Morgan fingerprint density at radius 1 is 1.30 bits per heavy atom. The molecular formula is C7H7BO2. The minimum Gasteiger partial charge on any atom is -0.508 e. The Balaban J connectivity index is 3.00. The van der Waals surface area contributed by atoms with Crippen LogP contribution in [-0.4, -0.2) is 18.6 Å². The van der Waals surface area contributed by atoms with Gasteiger partial charge in [0, 0.05) is 5.56 Å². The topological polar surface area (TPSA) is 37.3 Å². The van der Waals surface area contributed by atoms with Crippen LogP contribution in [0.5, 0.6) is 5.75 Å². The molecule has 0 unspecified atom stereocenters. The highest BCUT2D eigenvalue weighted by Gasteiger charge is 1.95. The number of carbonyl (C=O) groups is 1. The molecule has 1 N–H and O–H groups in total. The number of aromatic hydroxyl groups is 1. The summed E-state index contributed by atoms with van der Waals surface area (Å²) < 4.78 is 0. The van der Waals surface area contributed by atoms with E-state index in [2.05, 4.69) is 0 Å². The Bertz CT molecular complexity index is 240. The van der Waals surface area contributed by atoms with Gasteiger partial charge >= 0.3 is 0 Å². The van der Waals surface area contributed by atoms with E-state index in [4.69, 9.17) is 5.11 Å². The maximum atomic E-state index is 10.7. The third kappa shape index (κ3) is 1.38. The first-order valence-corrected chi connectivity index (χ1v) is 3.00. The van der Waals surface area contributed by atoms with E-state index in [1.54, 1.807) is 12.1 Å². The fourth-order valence-corrected chi connectivity index (χ4v) is 0.696. The van der Waals surface area contributed by atoms with Crippen LogP contribution in [0.1, 0.15) is 10.4 Å². The van der Waals surface area contributed by atoms with Crippen LogP contribution >= 0.6 is 0 Å². The fraction of sp³-hybridized carbons (Fsp3) is 0. The summed E-state index contributed by atoms with van der Waals surface area (Å²) in [6.07, 6.45) is 0. The molecule has 10 heavy (non-hydrogen) atoms. The number of phenolic OH excluding ortho intramolecular Hbond substituents is 1. The molecule has 0 saturated heterocycles. The minimum atomic E-state index is 0.0139. The number of benzene rings is 1. The van der Waals surface area contributed by atoms with Gasteiger partial charge in [0.15, 0.2) is 7.85 Å². The van der Waals surface area contributed by atoms with Gasteiger partial charge in [-0.25, -0.2) is 0 Å². The normalized spacial score (nSPS) is 9.20. The Hall–Kier alpha value is -1.25. The van der Waals surface area contributed by atoms with Gasteiger partial charge in [0.05, 0.1) is 0 Å². The Kier molecular flexibility index (Phi) is 1.76. The van der Waals surface area contributed by atoms with Crippen molar-refractivity contribution in [3.63, 3.8) is 0 Å². The second-order valence-electron chi connectivity index (χ2n) is 2.10. The number of phenols is 1. The molecular weight excluding hydrogens is 127 g/mol. The van der Waals surface area contributed by atoms with Gasteiger partial charge in [-0.3, -0.25) is 0 Å². The van der Waals surface area contributed by atoms with Gasteiger partial charge in [-0.05, 0) is 24.3 Å². The fourth-order valence-electron chi connectivity index (χ4n) is 0.696. The van der Waals surface area contributed by atoms with Crippen molar-refractivity contribution in [1.82, 2.24) is 0 Å². The van der Waals surface area contributed by atoms with Gasteiger partial charge < -0.3 is 9.90 Å². The number of rotatable bonds is 1. The quantitative estimate of drug-likeness (QED) is 0.555. The highest BCUT2D eigenvalue weighted by Crippen LogP contribution is 2.08. The molecule has 1 aromatic rings. The van der Waals surface area contributed by atoms with Gasteiger partial charge in [0.25, 0.3) is 0 Å². The minimum absolute atomic E-state index is 0.0139. The van der Waals surface area contributed by atoms with Crippen molar-refractivity contribution in [3.05, 3.63) is 29.8 Å². The Morgan fingerprint density at radius 3 is 2.20 bits per heavy atom. The van der Waals surface area contributed by atoms with Crippen molar-refractivity contribution in [1.29, 1.82) is 0 Å². The van der Waals surface area contributed by atoms with Crippen LogP contribution in [0.3, 0.4) is 0 Å². The smallest absolute Gasteiger partial charge is 0.193 e. The van der Waals surface area contributed by atoms with E-state index in [0.29, 0.717) is 5.56 Å². The number of carbonyl (C=O) groups excluding carboxylic acids is 1. The maximum Gasteiger partial charge on any atom is 0.193 e. The highest BCUT2D eigenvalue weighted by atomic mass is 16.3. The number of hydrogen-bond donors (Lipinski definition) is 1. The molecule has 0 amide bonds. The van der Waals surface area contributed by atoms with E-state index >= 15 is 0 Å². The molecule has 1 aromatic carbocycles. The van der Waals surface area contributed by atoms with Gasteiger partial charge in [-0.2, -0.15) is 0 Å². The zero-order valence-corrected chi connectivity index (χ0v) is 5.66. The standard InChI is InChI=1S/C7H7BO2/c8-7(10)5-1-3-6(9)4-2-5/h1-4,9H,8H2. The molecule has 0 heterocycles. The molecule has 0 bridgehead atoms. The molecule has 0 saturated carbocycles. The molecule has 1 rings (SSSR count). The second kappa shape index (κ2) is 2.56. The first-order chi connectivity index (χ1) is 4.70. The van der Waals surface area contributed by atoms with Crippen LogP contribution < -0.4 is 0 Å². The largest absolute Gasteiger partial charge is 0.508 e. The summed E-state index contributed by atoms with van der Waals surface area (Å²) in [7, 11) is 1.49. The van der Waals surface area contributed by atoms with Gasteiger partial charge in [-0.1, -0.05) is 0 Å². The summed E-state index contributed by atoms with van der Waals surface area (Å²) in [5.74, 6) is 0.185. The van der Waals surface area contributed by atoms with E-state index in [0.717, 1.165) is 0 Å². The molecule has 0 aliphatic heterocycles. The number of hydrogen-bond acceptors (Lipinski definition) is 2. The molecule has 0 aliphatic rings. The molecule has 0 aromatic heterocycles. The summed E-state index contributed by atoms with van der Waals surface area (Å²) >= 11 is 0. The van der Waals surface area contributed by atoms with Crippen LogP contribution in [0.2, 0.25) is 0 Å². The van der Waals surface area contributed by atoms with E-state index in [9.17, 15) is 4.79 Å². The van der Waals surface area contributed by atoms with E-state index in [1.807, 2.05) is 0 Å². The summed E-state index contributed by atoms with van der Waals surface area (Å²) in [5.41, 5.74) is 0.637. The average Bonchev–Trinajstić information content (AvgIpc) is 1.88. The third-order valence-electron chi connectivity index (χ3n) is 1.27. The second-order valence-corrected chi connectivity index (χ2v) is 2.10. The lowest BCUT2D eigenvalue weighted by Gasteiger charge is -1.93. The summed E-state index contributed by atoms with van der Waals surface area (Å²) in [5, 5.41) is 8.83. The Labute approximate surface area is 59.9 Å². The third-order valence-corrected chi connectivity index (χ3v) is 1.27. The molecule has 2 nitrogen and oxygen atoms in total. The summed E-state index contributed by atoms with van der Waals surface area (Å²) in [6, 6.07) is 6.18. The van der Waals surface area contributed by atoms with E-state index in [-0.39, 0.29) is 11.4 Å². The van der Waals surface area contributed by atoms with Gasteiger partial charge in [-0.15, -0.1) is 0 Å². The zero-order chi connectivity index (χ0) is 7.56. The molecule has 0 atom stereocenters. The highest BCUT2D eigenvalue weighted by molar-refractivity contribution is 6.62. The van der Waals surface area contributed by atoms with Crippen molar-refractivity contribution in [2.45, 2.75) is 0 Å². The van der Waals surface area contributed by atoms with Crippen molar-refractivity contribution in [2.75, 3.05) is 0 Å². The van der Waals surface area contributed by atoms with Crippen LogP contribution in [0.25, 0.3) is 0 Å². The molecule has 50 valence electrons. The lowest BCUT2D eigenvalue weighted by atomic mass is 9.95. The van der Waals surface area contributed by atoms with E-state index in [1.165, 1.54) is 20.0 Å². The lowest BCUT2D eigenvalue weighted by molar-refractivity contribution is 0.108.